The Morgan fingerprint density at radius 2 is 1.88 bits per heavy atom. The summed E-state index contributed by atoms with van der Waals surface area (Å²) in [5.74, 6) is 0. The number of hydrogen-bond acceptors (Lipinski definition) is 2. The summed E-state index contributed by atoms with van der Waals surface area (Å²) < 4.78 is 5.00. The molecule has 0 saturated heterocycles. The minimum Gasteiger partial charge on any atom is -0.364 e. The summed E-state index contributed by atoms with van der Waals surface area (Å²) in [6.45, 7) is 0. The maximum atomic E-state index is 9.81. The van der Waals surface area contributed by atoms with Gasteiger partial charge < -0.3 is 9.84 Å². The quantitative estimate of drug-likeness (QED) is 0.778. The summed E-state index contributed by atoms with van der Waals surface area (Å²) in [7, 11) is 1.52. The molecule has 2 aromatic carbocycles. The highest BCUT2D eigenvalue weighted by molar-refractivity contribution is 5.93. The molecule has 0 heterocycles. The molecule has 2 aromatic rings. The summed E-state index contributed by atoms with van der Waals surface area (Å²) in [5, 5.41) is 12.2. The molecule has 0 radical (unpaired) electrons. The van der Waals surface area contributed by atoms with Crippen LogP contribution in [0.15, 0.2) is 30.3 Å². The largest absolute Gasteiger partial charge is 0.364 e. The molecule has 0 bridgehead atoms. The van der Waals surface area contributed by atoms with Gasteiger partial charge in [-0.15, -0.1) is 0 Å². The molecule has 0 spiro atoms. The minimum atomic E-state index is -0.829. The smallest absolute Gasteiger partial charge is 0.181 e. The first-order valence-corrected chi connectivity index (χ1v) is 5.55. The molecule has 2 nitrogen and oxygen atoms in total. The van der Waals surface area contributed by atoms with Crippen molar-refractivity contribution in [3.8, 4) is 0 Å². The molecule has 2 heteroatoms. The van der Waals surface area contributed by atoms with E-state index in [9.17, 15) is 5.11 Å². The van der Waals surface area contributed by atoms with E-state index in [1.165, 1.54) is 23.6 Å². The van der Waals surface area contributed by atoms with Gasteiger partial charge in [-0.05, 0) is 34.7 Å². The van der Waals surface area contributed by atoms with Crippen molar-refractivity contribution in [1.82, 2.24) is 0 Å². The molecule has 16 heavy (non-hydrogen) atoms. The van der Waals surface area contributed by atoms with E-state index in [-0.39, 0.29) is 0 Å². The Labute approximate surface area is 94.5 Å². The number of aliphatic hydroxyl groups is 1. The van der Waals surface area contributed by atoms with Crippen LogP contribution in [-0.2, 0) is 17.6 Å². The molecule has 1 aliphatic rings. The number of aliphatic hydroxyl groups excluding tert-OH is 1. The highest BCUT2D eigenvalue weighted by Crippen LogP contribution is 2.34. The molecule has 1 aliphatic carbocycles. The molecule has 0 fully saturated rings. The van der Waals surface area contributed by atoms with Gasteiger partial charge in [0.05, 0.1) is 0 Å². The zero-order chi connectivity index (χ0) is 11.1. The lowest BCUT2D eigenvalue weighted by atomic mass is 10.00. The van der Waals surface area contributed by atoms with Crippen molar-refractivity contribution >= 4 is 10.8 Å². The average Bonchev–Trinajstić information content (AvgIpc) is 2.74. The first-order valence-electron chi connectivity index (χ1n) is 5.55. The van der Waals surface area contributed by atoms with Crippen molar-refractivity contribution in [2.75, 3.05) is 7.11 Å². The van der Waals surface area contributed by atoms with Crippen molar-refractivity contribution in [2.24, 2.45) is 0 Å². The molecule has 1 N–H and O–H groups in total. The van der Waals surface area contributed by atoms with Gasteiger partial charge in [0, 0.05) is 12.7 Å². The zero-order valence-corrected chi connectivity index (χ0v) is 9.23. The number of rotatable bonds is 2. The fourth-order valence-corrected chi connectivity index (χ4v) is 2.61. The maximum absolute atomic E-state index is 9.81. The van der Waals surface area contributed by atoms with E-state index in [1.807, 2.05) is 6.07 Å². The number of benzene rings is 2. The van der Waals surface area contributed by atoms with Crippen LogP contribution in [0.25, 0.3) is 10.8 Å². The highest BCUT2D eigenvalue weighted by Gasteiger charge is 2.18. The van der Waals surface area contributed by atoms with Crippen LogP contribution in [0, 0.1) is 0 Å². The van der Waals surface area contributed by atoms with Crippen molar-refractivity contribution in [2.45, 2.75) is 19.1 Å². The van der Waals surface area contributed by atoms with Gasteiger partial charge >= 0.3 is 0 Å². The van der Waals surface area contributed by atoms with Crippen molar-refractivity contribution in [1.29, 1.82) is 0 Å². The van der Waals surface area contributed by atoms with E-state index in [0.717, 1.165) is 23.8 Å². The third kappa shape index (κ3) is 1.27. The van der Waals surface area contributed by atoms with E-state index < -0.39 is 6.29 Å². The van der Waals surface area contributed by atoms with Crippen LogP contribution < -0.4 is 0 Å². The molecule has 0 aliphatic heterocycles. The van der Waals surface area contributed by atoms with Crippen molar-refractivity contribution in [3.63, 3.8) is 0 Å². The summed E-state index contributed by atoms with van der Waals surface area (Å²) >= 11 is 0. The first kappa shape index (κ1) is 9.82. The van der Waals surface area contributed by atoms with Crippen LogP contribution in [0.5, 0.6) is 0 Å². The van der Waals surface area contributed by atoms with E-state index in [2.05, 4.69) is 24.3 Å². The number of hydrogen-bond donors (Lipinski definition) is 1. The van der Waals surface area contributed by atoms with Crippen LogP contribution in [0.1, 0.15) is 23.0 Å². The van der Waals surface area contributed by atoms with Crippen LogP contribution in [0.2, 0.25) is 0 Å². The number of aryl methyl sites for hydroxylation is 2. The molecule has 0 amide bonds. The Kier molecular flexibility index (Phi) is 2.20. The monoisotopic (exact) mass is 214 g/mol. The standard InChI is InChI=1S/C14H14O2/c1-16-14(15)12-8-7-10-6-5-9-3-2-4-11(12)13(9)10/h2-4,7-8,14-15H,5-6H2,1H3. The number of ether oxygens (including phenoxy) is 1. The summed E-state index contributed by atoms with van der Waals surface area (Å²) in [6.07, 6.45) is 1.39. The molecular weight excluding hydrogens is 200 g/mol. The van der Waals surface area contributed by atoms with Gasteiger partial charge in [0.1, 0.15) is 0 Å². The fourth-order valence-electron chi connectivity index (χ4n) is 2.61. The lowest BCUT2D eigenvalue weighted by molar-refractivity contribution is -0.0758. The van der Waals surface area contributed by atoms with Crippen molar-refractivity contribution < 1.29 is 9.84 Å². The van der Waals surface area contributed by atoms with E-state index in [4.69, 9.17) is 4.74 Å². The second-order valence-corrected chi connectivity index (χ2v) is 4.24. The summed E-state index contributed by atoms with van der Waals surface area (Å²) in [6, 6.07) is 10.4. The molecule has 82 valence electrons. The third-order valence-electron chi connectivity index (χ3n) is 3.40. The van der Waals surface area contributed by atoms with Gasteiger partial charge in [0.15, 0.2) is 6.29 Å². The van der Waals surface area contributed by atoms with E-state index >= 15 is 0 Å². The SMILES string of the molecule is COC(O)c1ccc2c3c(cccc13)CC2. The highest BCUT2D eigenvalue weighted by atomic mass is 16.6. The first-order chi connectivity index (χ1) is 7.81. The van der Waals surface area contributed by atoms with Gasteiger partial charge in [-0.3, -0.25) is 0 Å². The van der Waals surface area contributed by atoms with Crippen molar-refractivity contribution in [3.05, 3.63) is 47.0 Å². The molecule has 3 rings (SSSR count). The predicted molar refractivity (Wildman–Crippen MR) is 63.3 cm³/mol. The summed E-state index contributed by atoms with van der Waals surface area (Å²) in [4.78, 5) is 0. The second-order valence-electron chi connectivity index (χ2n) is 4.24. The maximum Gasteiger partial charge on any atom is 0.181 e. The molecular formula is C14H14O2. The Morgan fingerprint density at radius 1 is 1.12 bits per heavy atom. The Balaban J connectivity index is 2.33. The lowest BCUT2D eigenvalue weighted by Crippen LogP contribution is -2.00. The molecule has 0 aromatic heterocycles. The van der Waals surface area contributed by atoms with Crippen LogP contribution in [-0.4, -0.2) is 12.2 Å². The Bertz CT molecular complexity index is 535. The van der Waals surface area contributed by atoms with Gasteiger partial charge in [0.2, 0.25) is 0 Å². The van der Waals surface area contributed by atoms with Crippen LogP contribution in [0.3, 0.4) is 0 Å². The topological polar surface area (TPSA) is 29.5 Å². The van der Waals surface area contributed by atoms with E-state index in [1.54, 1.807) is 0 Å². The normalized spacial score (nSPS) is 15.6. The minimum absolute atomic E-state index is 0.829. The van der Waals surface area contributed by atoms with Crippen LogP contribution >= 0.6 is 0 Å². The average molecular weight is 214 g/mol. The predicted octanol–water partition coefficient (Wildman–Crippen LogP) is 2.58. The Morgan fingerprint density at radius 3 is 2.62 bits per heavy atom. The lowest BCUT2D eigenvalue weighted by Gasteiger charge is -2.13. The third-order valence-corrected chi connectivity index (χ3v) is 3.40. The molecule has 1 atom stereocenters. The summed E-state index contributed by atoms with van der Waals surface area (Å²) in [5.41, 5.74) is 3.64. The van der Waals surface area contributed by atoms with Gasteiger partial charge in [-0.2, -0.15) is 0 Å². The van der Waals surface area contributed by atoms with Gasteiger partial charge in [0.25, 0.3) is 0 Å². The number of methoxy groups -OCH3 is 1. The van der Waals surface area contributed by atoms with E-state index in [0.29, 0.717) is 0 Å². The zero-order valence-electron chi connectivity index (χ0n) is 9.23. The van der Waals surface area contributed by atoms with Gasteiger partial charge in [-0.25, -0.2) is 0 Å². The molecule has 1 unspecified atom stereocenters. The Hall–Kier alpha value is -1.38. The van der Waals surface area contributed by atoms with Gasteiger partial charge in [-0.1, -0.05) is 30.3 Å². The molecule has 0 saturated carbocycles. The fraction of sp³-hybridized carbons (Fsp3) is 0.286. The second kappa shape index (κ2) is 3.58. The van der Waals surface area contributed by atoms with Crippen LogP contribution in [0.4, 0.5) is 0 Å².